The molecule has 1 saturated heterocycles. The van der Waals surface area contributed by atoms with Gasteiger partial charge in [0.2, 0.25) is 12.4 Å². The lowest BCUT2D eigenvalue weighted by molar-refractivity contribution is -0.869. The molecular formula is C35H35BN2O3. The van der Waals surface area contributed by atoms with Crippen LogP contribution in [0.4, 0.5) is 5.69 Å². The third-order valence-corrected chi connectivity index (χ3v) is 7.59. The van der Waals surface area contributed by atoms with Crippen LogP contribution in [0.25, 0.3) is 0 Å². The van der Waals surface area contributed by atoms with Crippen LogP contribution in [0.5, 0.6) is 0 Å². The van der Waals surface area contributed by atoms with Crippen molar-refractivity contribution in [1.29, 1.82) is 0 Å². The quantitative estimate of drug-likeness (QED) is 0.245. The number of carbonyl (C=O) groups excluding carboxylic acids is 1. The lowest BCUT2D eigenvalue weighted by Crippen LogP contribution is -2.74. The third kappa shape index (κ3) is 6.56. The summed E-state index contributed by atoms with van der Waals surface area (Å²) in [6, 6.07) is 47.4. The van der Waals surface area contributed by atoms with E-state index in [0.717, 1.165) is 32.0 Å². The van der Waals surface area contributed by atoms with E-state index in [1.165, 1.54) is 33.5 Å². The molecule has 0 amide bonds. The molecule has 0 unspecified atom stereocenters. The Morgan fingerprint density at radius 1 is 0.634 bits per heavy atom. The SMILES string of the molecule is CC(=O)O[n+]1ccc(N2CCOCC2)cc1.c1ccc([B-](c2ccccc2)(c2ccccc2)c2ccccc2)cc1. The second-order valence-electron chi connectivity index (χ2n) is 10.1. The molecule has 41 heavy (non-hydrogen) atoms. The van der Waals surface area contributed by atoms with E-state index >= 15 is 0 Å². The number of benzene rings is 4. The summed E-state index contributed by atoms with van der Waals surface area (Å²) < 4.78 is 6.68. The van der Waals surface area contributed by atoms with Crippen LogP contribution < -0.4 is 36.3 Å². The van der Waals surface area contributed by atoms with Gasteiger partial charge >= 0.3 is 5.97 Å². The van der Waals surface area contributed by atoms with Crippen molar-refractivity contribution in [3.05, 3.63) is 146 Å². The van der Waals surface area contributed by atoms with E-state index in [1.54, 1.807) is 12.4 Å². The molecule has 5 aromatic rings. The van der Waals surface area contributed by atoms with Crippen molar-refractivity contribution in [3.8, 4) is 0 Å². The Kier molecular flexibility index (Phi) is 9.24. The highest BCUT2D eigenvalue weighted by Crippen LogP contribution is 2.13. The predicted octanol–water partition coefficient (Wildman–Crippen LogP) is 2.85. The van der Waals surface area contributed by atoms with Crippen LogP contribution in [0.3, 0.4) is 0 Å². The molecule has 1 fully saturated rings. The number of aromatic nitrogens is 1. The van der Waals surface area contributed by atoms with Gasteiger partial charge in [-0.3, -0.25) is 0 Å². The second-order valence-corrected chi connectivity index (χ2v) is 10.1. The summed E-state index contributed by atoms with van der Waals surface area (Å²) in [7, 11) is 0. The van der Waals surface area contributed by atoms with Crippen LogP contribution in [0.15, 0.2) is 146 Å². The predicted molar refractivity (Wildman–Crippen MR) is 167 cm³/mol. The van der Waals surface area contributed by atoms with Gasteiger partial charge in [-0.15, -0.1) is 0 Å². The highest BCUT2D eigenvalue weighted by Gasteiger charge is 2.31. The summed E-state index contributed by atoms with van der Waals surface area (Å²) in [5.41, 5.74) is 6.47. The van der Waals surface area contributed by atoms with Gasteiger partial charge in [-0.2, -0.15) is 26.7 Å². The Labute approximate surface area is 242 Å². The molecule has 0 spiro atoms. The fraction of sp³-hybridized carbons (Fsp3) is 0.143. The Hall–Kier alpha value is -4.68. The molecule has 1 aromatic heterocycles. The Morgan fingerprint density at radius 3 is 1.34 bits per heavy atom. The Morgan fingerprint density at radius 2 is 1.00 bits per heavy atom. The minimum atomic E-state index is -1.22. The highest BCUT2D eigenvalue weighted by molar-refractivity contribution is 7.19. The standard InChI is InChI=1S/C24H20B.C11H15N2O3/c1-5-13-21(14-6-1)25(22-15-7-2-8-16-22,23-17-9-3-10-18-23)24-19-11-4-12-20-24;1-10(14)16-13-4-2-11(3-5-13)12-6-8-15-9-7-12/h1-20H;2-5H,6-9H2,1H3/q-1;+1. The lowest BCUT2D eigenvalue weighted by Gasteiger charge is -2.44. The molecule has 0 bridgehead atoms. The number of carbonyl (C=O) groups is 1. The van der Waals surface area contributed by atoms with Crippen LogP contribution in [-0.4, -0.2) is 38.4 Å². The van der Waals surface area contributed by atoms with Gasteiger partial charge in [0.05, 0.1) is 13.2 Å². The van der Waals surface area contributed by atoms with E-state index in [1.807, 2.05) is 12.1 Å². The van der Waals surface area contributed by atoms with Crippen molar-refractivity contribution in [3.63, 3.8) is 0 Å². The topological polar surface area (TPSA) is 42.7 Å². The van der Waals surface area contributed by atoms with Gasteiger partial charge in [0.25, 0.3) is 0 Å². The first-order valence-corrected chi connectivity index (χ1v) is 14.1. The normalized spacial score (nSPS) is 13.0. The van der Waals surface area contributed by atoms with Crippen molar-refractivity contribution in [2.24, 2.45) is 0 Å². The van der Waals surface area contributed by atoms with E-state index in [9.17, 15) is 4.79 Å². The Balaban J connectivity index is 0.000000182. The summed E-state index contributed by atoms with van der Waals surface area (Å²) in [5.74, 6) is -0.330. The monoisotopic (exact) mass is 542 g/mol. The molecular weight excluding hydrogens is 507 g/mol. The van der Waals surface area contributed by atoms with Gasteiger partial charge in [0, 0.05) is 42.6 Å². The first-order chi connectivity index (χ1) is 20.2. The molecule has 5 nitrogen and oxygen atoms in total. The zero-order valence-corrected chi connectivity index (χ0v) is 23.4. The van der Waals surface area contributed by atoms with E-state index in [-0.39, 0.29) is 5.97 Å². The van der Waals surface area contributed by atoms with E-state index in [4.69, 9.17) is 9.57 Å². The largest absolute Gasteiger partial charge is 0.378 e. The molecule has 0 N–H and O–H groups in total. The maximum atomic E-state index is 10.7. The maximum Gasteiger partial charge on any atom is 0.377 e. The molecule has 6 heteroatoms. The third-order valence-electron chi connectivity index (χ3n) is 7.59. The molecule has 206 valence electrons. The number of morpholine rings is 1. The molecule has 2 heterocycles. The Bertz CT molecular complexity index is 1330. The number of pyridine rings is 1. The van der Waals surface area contributed by atoms with Gasteiger partial charge in [0.1, 0.15) is 6.15 Å². The smallest absolute Gasteiger partial charge is 0.377 e. The number of rotatable bonds is 6. The fourth-order valence-corrected chi connectivity index (χ4v) is 5.77. The van der Waals surface area contributed by atoms with Gasteiger partial charge in [-0.1, -0.05) is 121 Å². The molecule has 6 rings (SSSR count). The second kappa shape index (κ2) is 13.6. The van der Waals surface area contributed by atoms with Gasteiger partial charge < -0.3 is 9.64 Å². The van der Waals surface area contributed by atoms with Crippen molar-refractivity contribution in [2.75, 3.05) is 31.2 Å². The number of anilines is 1. The summed E-state index contributed by atoms with van der Waals surface area (Å²) in [5, 5.41) is 0. The first-order valence-electron chi connectivity index (χ1n) is 14.1. The van der Waals surface area contributed by atoms with Gasteiger partial charge in [0.15, 0.2) is 0 Å². The van der Waals surface area contributed by atoms with Crippen molar-refractivity contribution in [1.82, 2.24) is 0 Å². The molecule has 0 aliphatic carbocycles. The maximum absolute atomic E-state index is 10.7. The van der Waals surface area contributed by atoms with E-state index in [0.29, 0.717) is 0 Å². The summed E-state index contributed by atoms with van der Waals surface area (Å²) in [6.45, 7) is 4.70. The van der Waals surface area contributed by atoms with Crippen LogP contribution in [0.1, 0.15) is 6.92 Å². The summed E-state index contributed by atoms with van der Waals surface area (Å²) >= 11 is 0. The molecule has 0 saturated carbocycles. The molecule has 4 aromatic carbocycles. The lowest BCUT2D eigenvalue weighted by atomic mass is 9.13. The fourth-order valence-electron chi connectivity index (χ4n) is 5.77. The molecule has 1 aliphatic heterocycles. The average Bonchev–Trinajstić information content (AvgIpc) is 3.04. The van der Waals surface area contributed by atoms with Crippen molar-refractivity contribution in [2.45, 2.75) is 6.92 Å². The van der Waals surface area contributed by atoms with Crippen LogP contribution >= 0.6 is 0 Å². The van der Waals surface area contributed by atoms with Gasteiger partial charge in [-0.05, 0) is 0 Å². The van der Waals surface area contributed by atoms with Crippen LogP contribution in [0, 0.1) is 0 Å². The number of ether oxygens (including phenoxy) is 1. The molecule has 0 atom stereocenters. The highest BCUT2D eigenvalue weighted by atomic mass is 16.7. The average molecular weight is 542 g/mol. The molecule has 0 radical (unpaired) electrons. The first kappa shape index (κ1) is 27.9. The number of nitrogens with zero attached hydrogens (tertiary/aromatic N) is 2. The minimum absolute atomic E-state index is 0.330. The van der Waals surface area contributed by atoms with Crippen molar-refractivity contribution >= 4 is 39.7 Å². The van der Waals surface area contributed by atoms with Gasteiger partial charge in [-0.25, -0.2) is 4.79 Å². The number of hydrogen-bond acceptors (Lipinski definition) is 4. The minimum Gasteiger partial charge on any atom is -0.378 e. The van der Waals surface area contributed by atoms with Crippen LogP contribution in [0.2, 0.25) is 0 Å². The zero-order valence-electron chi connectivity index (χ0n) is 23.4. The summed E-state index contributed by atoms with van der Waals surface area (Å²) in [4.78, 5) is 17.9. The number of hydrogen-bond donors (Lipinski definition) is 0. The van der Waals surface area contributed by atoms with Crippen molar-refractivity contribution < 1.29 is 19.1 Å². The van der Waals surface area contributed by atoms with E-state index in [2.05, 4.69) is 126 Å². The van der Waals surface area contributed by atoms with E-state index < -0.39 is 6.15 Å². The zero-order chi connectivity index (χ0) is 28.3. The van der Waals surface area contributed by atoms with Crippen LogP contribution in [-0.2, 0) is 9.53 Å². The molecule has 1 aliphatic rings. The summed E-state index contributed by atoms with van der Waals surface area (Å²) in [6.07, 6.45) is 2.24.